The first-order valence-electron chi connectivity index (χ1n) is 6.57. The van der Waals surface area contributed by atoms with Gasteiger partial charge in [-0.15, -0.1) is 0 Å². The second-order valence-corrected chi connectivity index (χ2v) is 6.79. The molecule has 0 fully saturated rings. The summed E-state index contributed by atoms with van der Waals surface area (Å²) in [6, 6.07) is 13.7. The molecule has 0 saturated carbocycles. The molecule has 0 radical (unpaired) electrons. The van der Waals surface area contributed by atoms with Crippen molar-refractivity contribution in [3.8, 4) is 0 Å². The van der Waals surface area contributed by atoms with Gasteiger partial charge in [0.15, 0.2) is 0 Å². The minimum atomic E-state index is -4.15. The van der Waals surface area contributed by atoms with E-state index in [0.717, 1.165) is 21.5 Å². The van der Waals surface area contributed by atoms with Crippen LogP contribution in [0.25, 0.3) is 21.5 Å². The molecule has 3 rings (SSSR count). The van der Waals surface area contributed by atoms with Gasteiger partial charge in [-0.3, -0.25) is 4.57 Å². The van der Waals surface area contributed by atoms with Crippen molar-refractivity contribution in [2.45, 2.75) is 6.16 Å². The van der Waals surface area contributed by atoms with Gasteiger partial charge in [-0.1, -0.05) is 36.4 Å². The van der Waals surface area contributed by atoms with E-state index in [2.05, 4.69) is 0 Å². The monoisotopic (exact) mass is 316 g/mol. The van der Waals surface area contributed by atoms with E-state index in [-0.39, 0.29) is 11.7 Å². The Morgan fingerprint density at radius 1 is 0.955 bits per heavy atom. The molecule has 0 aromatic heterocycles. The molecule has 0 aliphatic carbocycles. The van der Waals surface area contributed by atoms with Crippen molar-refractivity contribution < 1.29 is 24.3 Å². The van der Waals surface area contributed by atoms with Crippen molar-refractivity contribution in [1.29, 1.82) is 0 Å². The quantitative estimate of drug-likeness (QED) is 0.509. The number of carbonyl (C=O) groups is 1. The maximum atomic E-state index is 11.3. The number of benzene rings is 3. The zero-order chi connectivity index (χ0) is 15.9. The van der Waals surface area contributed by atoms with E-state index in [1.807, 2.05) is 6.07 Å². The van der Waals surface area contributed by atoms with Crippen molar-refractivity contribution in [2.24, 2.45) is 0 Å². The summed E-state index contributed by atoms with van der Waals surface area (Å²) in [5.74, 6) is -0.989. The van der Waals surface area contributed by atoms with Crippen LogP contribution in [0.2, 0.25) is 0 Å². The maximum Gasteiger partial charge on any atom is 0.335 e. The fourth-order valence-electron chi connectivity index (χ4n) is 2.66. The predicted molar refractivity (Wildman–Crippen MR) is 84.2 cm³/mol. The molecule has 0 aliphatic rings. The summed E-state index contributed by atoms with van der Waals surface area (Å²) in [5, 5.41) is 12.3. The van der Waals surface area contributed by atoms with Crippen molar-refractivity contribution in [3.63, 3.8) is 0 Å². The topological polar surface area (TPSA) is 94.8 Å². The lowest BCUT2D eigenvalue weighted by atomic mass is 9.98. The second kappa shape index (κ2) is 5.21. The van der Waals surface area contributed by atoms with Crippen LogP contribution in [0, 0.1) is 0 Å². The summed E-state index contributed by atoms with van der Waals surface area (Å²) in [5.41, 5.74) is 0.785. The Labute approximate surface area is 126 Å². The van der Waals surface area contributed by atoms with E-state index in [1.165, 1.54) is 6.07 Å². The molecule has 6 heteroatoms. The Balaban J connectivity index is 2.27. The third-order valence-electron chi connectivity index (χ3n) is 3.59. The minimum absolute atomic E-state index is 0.207. The van der Waals surface area contributed by atoms with E-state index >= 15 is 0 Å². The van der Waals surface area contributed by atoms with E-state index in [1.54, 1.807) is 36.4 Å². The molecule has 0 saturated heterocycles. The molecule has 3 aromatic carbocycles. The molecule has 0 atom stereocenters. The number of carboxylic acids is 1. The average Bonchev–Trinajstić information content (AvgIpc) is 2.45. The molecule has 3 aromatic rings. The number of rotatable bonds is 3. The Hall–Kier alpha value is -2.20. The molecule has 0 unspecified atom stereocenters. The minimum Gasteiger partial charge on any atom is -0.478 e. The first kappa shape index (κ1) is 14.7. The first-order chi connectivity index (χ1) is 10.3. The van der Waals surface area contributed by atoms with Gasteiger partial charge in [0, 0.05) is 0 Å². The van der Waals surface area contributed by atoms with Crippen LogP contribution >= 0.6 is 7.60 Å². The van der Waals surface area contributed by atoms with Crippen molar-refractivity contribution in [2.75, 3.05) is 0 Å². The molecule has 22 heavy (non-hydrogen) atoms. The normalized spacial score (nSPS) is 11.9. The molecule has 3 N–H and O–H groups in total. The van der Waals surface area contributed by atoms with Crippen molar-refractivity contribution in [3.05, 3.63) is 59.7 Å². The fourth-order valence-corrected chi connectivity index (χ4v) is 3.38. The van der Waals surface area contributed by atoms with Crippen LogP contribution in [0.1, 0.15) is 15.9 Å². The van der Waals surface area contributed by atoms with Crippen LogP contribution < -0.4 is 0 Å². The highest BCUT2D eigenvalue weighted by atomic mass is 31.2. The molecular formula is C16H13O5P. The third kappa shape index (κ3) is 2.74. The van der Waals surface area contributed by atoms with Gasteiger partial charge in [-0.25, -0.2) is 4.79 Å². The van der Waals surface area contributed by atoms with Crippen LogP contribution in [0.5, 0.6) is 0 Å². The Morgan fingerprint density at radius 2 is 1.68 bits per heavy atom. The van der Waals surface area contributed by atoms with Gasteiger partial charge in [0.1, 0.15) is 0 Å². The van der Waals surface area contributed by atoms with E-state index in [0.29, 0.717) is 5.56 Å². The van der Waals surface area contributed by atoms with Crippen LogP contribution in [0.4, 0.5) is 0 Å². The summed E-state index contributed by atoms with van der Waals surface area (Å²) in [7, 11) is -4.15. The lowest BCUT2D eigenvalue weighted by molar-refractivity contribution is 0.0697. The SMILES string of the molecule is O=C(O)c1ccc2c(ccc3c(CP(=O)(O)O)cccc32)c1. The summed E-state index contributed by atoms with van der Waals surface area (Å²) in [4.78, 5) is 29.4. The van der Waals surface area contributed by atoms with Crippen LogP contribution in [0.3, 0.4) is 0 Å². The van der Waals surface area contributed by atoms with Gasteiger partial charge in [-0.05, 0) is 39.2 Å². The number of carboxylic acid groups (broad SMARTS) is 1. The van der Waals surface area contributed by atoms with Gasteiger partial charge >= 0.3 is 13.6 Å². The second-order valence-electron chi connectivity index (χ2n) is 5.14. The molecule has 0 spiro atoms. The van der Waals surface area contributed by atoms with Gasteiger partial charge in [0.25, 0.3) is 0 Å². The van der Waals surface area contributed by atoms with E-state index < -0.39 is 13.6 Å². The highest BCUT2D eigenvalue weighted by molar-refractivity contribution is 7.50. The van der Waals surface area contributed by atoms with Crippen molar-refractivity contribution in [1.82, 2.24) is 0 Å². The molecule has 0 bridgehead atoms. The van der Waals surface area contributed by atoms with E-state index in [4.69, 9.17) is 5.11 Å². The molecule has 0 aliphatic heterocycles. The number of hydrogen-bond acceptors (Lipinski definition) is 2. The number of aromatic carboxylic acids is 1. The zero-order valence-corrected chi connectivity index (χ0v) is 12.3. The standard InChI is InChI=1S/C16H13O5P/c17-16(18)11-5-7-13-10(8-11)4-6-14-12(9-22(19,20)21)2-1-3-15(13)14/h1-8H,9H2,(H,17,18)(H2,19,20,21). The van der Waals surface area contributed by atoms with Crippen LogP contribution in [0.15, 0.2) is 48.5 Å². The molecule has 112 valence electrons. The van der Waals surface area contributed by atoms with Gasteiger partial charge in [-0.2, -0.15) is 0 Å². The summed E-state index contributed by atoms with van der Waals surface area (Å²) < 4.78 is 11.3. The summed E-state index contributed by atoms with van der Waals surface area (Å²) >= 11 is 0. The average molecular weight is 316 g/mol. The number of hydrogen-bond donors (Lipinski definition) is 3. The third-order valence-corrected chi connectivity index (χ3v) is 4.34. The fraction of sp³-hybridized carbons (Fsp3) is 0.0625. The summed E-state index contributed by atoms with van der Waals surface area (Å²) in [6.07, 6.45) is -0.316. The van der Waals surface area contributed by atoms with Gasteiger partial charge in [0.05, 0.1) is 11.7 Å². The molecule has 5 nitrogen and oxygen atoms in total. The Kier molecular flexibility index (Phi) is 3.49. The van der Waals surface area contributed by atoms with Crippen molar-refractivity contribution >= 4 is 35.1 Å². The highest BCUT2D eigenvalue weighted by Gasteiger charge is 2.16. The lowest BCUT2D eigenvalue weighted by Gasteiger charge is -2.10. The predicted octanol–water partition coefficient (Wildman–Crippen LogP) is 3.37. The van der Waals surface area contributed by atoms with Gasteiger partial charge in [0.2, 0.25) is 0 Å². The maximum absolute atomic E-state index is 11.3. The lowest BCUT2D eigenvalue weighted by Crippen LogP contribution is -1.95. The van der Waals surface area contributed by atoms with Gasteiger partial charge < -0.3 is 14.9 Å². The Bertz CT molecular complexity index is 942. The Morgan fingerprint density at radius 3 is 2.36 bits per heavy atom. The largest absolute Gasteiger partial charge is 0.478 e. The summed E-state index contributed by atoms with van der Waals surface area (Å²) in [6.45, 7) is 0. The zero-order valence-electron chi connectivity index (χ0n) is 11.4. The first-order valence-corrected chi connectivity index (χ1v) is 8.37. The highest BCUT2D eigenvalue weighted by Crippen LogP contribution is 2.41. The molecule has 0 heterocycles. The molecular weight excluding hydrogens is 303 g/mol. The van der Waals surface area contributed by atoms with Crippen LogP contribution in [-0.2, 0) is 10.7 Å². The molecule has 0 amide bonds. The van der Waals surface area contributed by atoms with E-state index in [9.17, 15) is 19.1 Å². The van der Waals surface area contributed by atoms with Crippen LogP contribution in [-0.4, -0.2) is 20.9 Å². The smallest absolute Gasteiger partial charge is 0.335 e. The number of fused-ring (bicyclic) bond motifs is 3.